The zero-order valence-corrected chi connectivity index (χ0v) is 32.7. The highest BCUT2D eigenvalue weighted by molar-refractivity contribution is 6.11. The number of benzene rings is 4. The molecule has 0 saturated heterocycles. The zero-order chi connectivity index (χ0) is 51.6. The fourth-order valence-electron chi connectivity index (χ4n) is 6.79. The Hall–Kier alpha value is -6.58. The molecule has 0 aliphatic rings. The fourth-order valence-corrected chi connectivity index (χ4v) is 6.79. The van der Waals surface area contributed by atoms with E-state index in [4.69, 9.17) is 0 Å². The van der Waals surface area contributed by atoms with Gasteiger partial charge in [0.25, 0.3) is 17.1 Å². The minimum absolute atomic E-state index is 0.0113. The van der Waals surface area contributed by atoms with Crippen molar-refractivity contribution >= 4 is 35.0 Å². The van der Waals surface area contributed by atoms with Gasteiger partial charge < -0.3 is 31.1 Å². The van der Waals surface area contributed by atoms with E-state index >= 15 is 26.3 Å². The van der Waals surface area contributed by atoms with Crippen molar-refractivity contribution in [3.8, 4) is 11.1 Å². The highest BCUT2D eigenvalue weighted by Gasteiger charge is 2.74. The van der Waals surface area contributed by atoms with Gasteiger partial charge in [0, 0.05) is 35.1 Å². The summed E-state index contributed by atoms with van der Waals surface area (Å²) in [6.45, 7) is 0.546. The number of aliphatic hydroxyl groups is 2. The number of ketones is 1. The highest BCUT2D eigenvalue weighted by Crippen LogP contribution is 2.57. The summed E-state index contributed by atoms with van der Waals surface area (Å²) in [5, 5.41) is 42.9. The molecule has 67 heavy (non-hydrogen) atoms. The number of anilines is 2. The van der Waals surface area contributed by atoms with E-state index in [1.165, 1.54) is 5.32 Å². The van der Waals surface area contributed by atoms with Crippen molar-refractivity contribution in [1.82, 2.24) is 0 Å². The molecule has 0 radical (unpaired) electrons. The maximum atomic E-state index is 15.1. The number of alkyl halides is 18. The van der Waals surface area contributed by atoms with Gasteiger partial charge in [0.05, 0.1) is 16.7 Å². The Kier molecular flexibility index (Phi) is 13.4. The number of carbonyl (C=O) groups excluding carboxylic acids is 2. The van der Waals surface area contributed by atoms with Crippen LogP contribution in [0.5, 0.6) is 0 Å². The number of nitrogens with one attached hydrogen (secondary N) is 2. The van der Waals surface area contributed by atoms with Crippen LogP contribution in [0.2, 0.25) is 0 Å². The maximum absolute atomic E-state index is 15.1. The molecule has 0 heterocycles. The average molecular weight is 991 g/mol. The molecule has 0 spiro atoms. The second-order valence-corrected chi connectivity index (χ2v) is 14.1. The Morgan fingerprint density at radius 1 is 0.433 bits per heavy atom. The van der Waals surface area contributed by atoms with Crippen LogP contribution in [0.25, 0.3) is 11.1 Å². The van der Waals surface area contributed by atoms with Crippen molar-refractivity contribution in [3.63, 3.8) is 0 Å². The van der Waals surface area contributed by atoms with E-state index in [2.05, 4.69) is 0 Å². The number of halogens is 18. The van der Waals surface area contributed by atoms with Crippen LogP contribution in [0.4, 0.5) is 90.4 Å². The van der Waals surface area contributed by atoms with Crippen LogP contribution in [0, 0.1) is 0 Å². The van der Waals surface area contributed by atoms with Crippen molar-refractivity contribution < 1.29 is 119 Å². The van der Waals surface area contributed by atoms with Crippen molar-refractivity contribution in [2.45, 2.75) is 60.6 Å². The van der Waals surface area contributed by atoms with E-state index in [9.17, 15) is 92.3 Å². The number of hydrogen-bond donors (Lipinski definition) is 6. The molecule has 0 saturated carbocycles. The number of carboxylic acid groups (broad SMARTS) is 2. The summed E-state index contributed by atoms with van der Waals surface area (Å²) in [5.74, 6) is -8.07. The number of rotatable bonds is 11. The van der Waals surface area contributed by atoms with E-state index in [0.717, 1.165) is 7.05 Å². The molecule has 4 aromatic carbocycles. The molecule has 364 valence electrons. The van der Waals surface area contributed by atoms with Crippen molar-refractivity contribution in [3.05, 3.63) is 117 Å². The quantitative estimate of drug-likeness (QED) is 0.0632. The van der Waals surface area contributed by atoms with Gasteiger partial charge in [-0.25, -0.2) is 9.59 Å². The largest absolute Gasteiger partial charge is 0.478 e. The minimum atomic E-state index is -6.86. The molecule has 4 aromatic rings. The molecule has 0 unspecified atom stereocenters. The molecular weight excluding hydrogens is 966 g/mol. The van der Waals surface area contributed by atoms with Crippen molar-refractivity contribution in [2.24, 2.45) is 0 Å². The van der Waals surface area contributed by atoms with Crippen LogP contribution in [0.3, 0.4) is 0 Å². The molecule has 0 aromatic heterocycles. The van der Waals surface area contributed by atoms with Crippen molar-refractivity contribution in [1.29, 1.82) is 0 Å². The van der Waals surface area contributed by atoms with E-state index in [0.29, 0.717) is 13.0 Å². The number of amides is 1. The minimum Gasteiger partial charge on any atom is -0.478 e. The molecule has 0 aliphatic carbocycles. The molecule has 10 nitrogen and oxygen atoms in total. The average Bonchev–Trinajstić information content (AvgIpc) is 3.16. The van der Waals surface area contributed by atoms with E-state index in [-0.39, 0.29) is 54.6 Å². The van der Waals surface area contributed by atoms with Gasteiger partial charge in [-0.3, -0.25) is 9.59 Å². The summed E-state index contributed by atoms with van der Waals surface area (Å²) in [5.41, 5.74) is -37.0. The van der Waals surface area contributed by atoms with Gasteiger partial charge in [0.15, 0.2) is 5.78 Å². The van der Waals surface area contributed by atoms with Crippen LogP contribution in [-0.2, 0) is 16.6 Å². The standard InChI is InChI=1S/C39H24F18N2O8/c1-15(60)26-13-18(3-5-24(26)29(62)63)31(34(40,41)42,35(43,44)45)19-4-6-25(30(64)65)27(14-19)28(61)59-23-10-17(8-21(12-23)33(67,38(52,53)54)39(55,56)57)16-7-20(11-22(9-16)58-2)32(66,36(46,47)48)37(49,50)51/h3-14,58,66-67H,1-2H3,(H,59,61)(H,62,63)(H,64,65). The molecule has 28 heteroatoms. The zero-order valence-electron chi connectivity index (χ0n) is 32.7. The SMILES string of the molecule is CNc1cc(-c2cc(NC(=O)c3cc(C(c4ccc(C(=O)O)c(C(C)=O)c4)(C(F)(F)F)C(F)(F)F)ccc3C(=O)O)cc(C(O)(C(F)(F)F)C(F)(F)F)c2)cc(C(O)(C(F)(F)F)C(F)(F)F)c1. The number of carbonyl (C=O) groups is 4. The van der Waals surface area contributed by atoms with E-state index in [1.807, 2.05) is 5.32 Å². The monoisotopic (exact) mass is 990 g/mol. The topological polar surface area (TPSA) is 173 Å². The fraction of sp³-hybridized carbons (Fsp3) is 0.282. The molecule has 6 N–H and O–H groups in total. The van der Waals surface area contributed by atoms with Crippen LogP contribution in [-0.4, -0.2) is 88.2 Å². The normalized spacial score (nSPS) is 13.6. The summed E-state index contributed by atoms with van der Waals surface area (Å²) < 4.78 is 259. The molecule has 0 fully saturated rings. The number of Topliss-reactive ketones (excluding diaryl/α,β-unsaturated/α-hetero) is 1. The lowest BCUT2D eigenvalue weighted by Gasteiger charge is -2.38. The van der Waals surface area contributed by atoms with Crippen molar-refractivity contribution in [2.75, 3.05) is 17.7 Å². The van der Waals surface area contributed by atoms with E-state index in [1.54, 1.807) is 0 Å². The van der Waals surface area contributed by atoms with Crippen LogP contribution in [0.1, 0.15) is 70.6 Å². The Labute approximate surface area is 360 Å². The summed E-state index contributed by atoms with van der Waals surface area (Å²) in [7, 11) is 0.810. The summed E-state index contributed by atoms with van der Waals surface area (Å²) >= 11 is 0. The van der Waals surface area contributed by atoms with Crippen LogP contribution < -0.4 is 10.6 Å². The molecule has 4 rings (SSSR count). The van der Waals surface area contributed by atoms with Gasteiger partial charge in [-0.2, -0.15) is 79.0 Å². The van der Waals surface area contributed by atoms with E-state index < -0.39 is 156 Å². The van der Waals surface area contributed by atoms with Gasteiger partial charge in [0.1, 0.15) is 0 Å². The molecule has 1 amide bonds. The first kappa shape index (κ1) is 53.0. The molecule has 0 bridgehead atoms. The van der Waals surface area contributed by atoms with Gasteiger partial charge in [-0.15, -0.1) is 0 Å². The summed E-state index contributed by atoms with van der Waals surface area (Å²) in [6.07, 6.45) is -40.3. The third-order valence-corrected chi connectivity index (χ3v) is 10.1. The number of hydrogen-bond acceptors (Lipinski definition) is 7. The lowest BCUT2D eigenvalue weighted by molar-refractivity contribution is -0.376. The smallest absolute Gasteiger partial charge is 0.430 e. The van der Waals surface area contributed by atoms with Gasteiger partial charge in [-0.05, 0) is 89.8 Å². The third kappa shape index (κ3) is 9.01. The Morgan fingerprint density at radius 2 is 0.776 bits per heavy atom. The lowest BCUT2D eigenvalue weighted by atomic mass is 9.71. The first-order valence-electron chi connectivity index (χ1n) is 17.6. The Bertz CT molecular complexity index is 2590. The van der Waals surface area contributed by atoms with Crippen LogP contribution in [0.15, 0.2) is 72.8 Å². The third-order valence-electron chi connectivity index (χ3n) is 10.1. The summed E-state index contributed by atoms with van der Waals surface area (Å²) in [6, 6.07) is -1.07. The first-order chi connectivity index (χ1) is 30.1. The Morgan fingerprint density at radius 3 is 1.10 bits per heavy atom. The predicted octanol–water partition coefficient (Wildman–Crippen LogP) is 10.3. The second-order valence-electron chi connectivity index (χ2n) is 14.1. The second kappa shape index (κ2) is 16.9. The molecule has 0 atom stereocenters. The number of aromatic carboxylic acids is 2. The van der Waals surface area contributed by atoms with Gasteiger partial charge >= 0.3 is 49.0 Å². The van der Waals surface area contributed by atoms with Crippen LogP contribution >= 0.6 is 0 Å². The van der Waals surface area contributed by atoms with Gasteiger partial charge in [0.2, 0.25) is 5.41 Å². The highest BCUT2D eigenvalue weighted by atomic mass is 19.4. The molecular formula is C39H24F18N2O8. The number of carboxylic acids is 2. The maximum Gasteiger partial charge on any atom is 0.430 e. The van der Waals surface area contributed by atoms with Gasteiger partial charge in [-0.1, -0.05) is 12.1 Å². The lowest BCUT2D eigenvalue weighted by Crippen LogP contribution is -2.55. The first-order valence-corrected chi connectivity index (χ1v) is 17.6. The summed E-state index contributed by atoms with van der Waals surface area (Å²) in [4.78, 5) is 49.8. The Balaban J connectivity index is 2.14. The molecule has 0 aliphatic heterocycles. The predicted molar refractivity (Wildman–Crippen MR) is 191 cm³/mol.